The number of carbonyl (C=O) groups excluding carboxylic acids is 2. The molecule has 1 aromatic rings. The van der Waals surface area contributed by atoms with Crippen LogP contribution < -0.4 is 0 Å². The van der Waals surface area contributed by atoms with Crippen LogP contribution in [0.25, 0.3) is 0 Å². The number of imide groups is 1. The molecule has 0 aliphatic carbocycles. The third-order valence-electron chi connectivity index (χ3n) is 2.62. The molecule has 0 fully saturated rings. The summed E-state index contributed by atoms with van der Waals surface area (Å²) in [5.74, 6) is -2.45. The van der Waals surface area contributed by atoms with E-state index in [4.69, 9.17) is 16.7 Å². The summed E-state index contributed by atoms with van der Waals surface area (Å²) < 4.78 is 0. The lowest BCUT2D eigenvalue weighted by atomic mass is 10.1. The van der Waals surface area contributed by atoms with Gasteiger partial charge in [-0.1, -0.05) is 11.6 Å². The van der Waals surface area contributed by atoms with Crippen LogP contribution in [0.1, 0.15) is 27.6 Å². The standard InChI is InChI=1S/C11H8ClNO4/c1-5(11(16)17)13-9(14)7-3-2-6(12)4-8(7)10(13)15/h2-5H,1H3,(H,16,17). The van der Waals surface area contributed by atoms with E-state index in [1.165, 1.54) is 25.1 Å². The Labute approximate surface area is 102 Å². The molecule has 1 aromatic carbocycles. The number of hydrogen-bond donors (Lipinski definition) is 1. The quantitative estimate of drug-likeness (QED) is 0.809. The molecule has 5 nitrogen and oxygen atoms in total. The fraction of sp³-hybridized carbons (Fsp3) is 0.182. The SMILES string of the molecule is CC(C(=O)O)N1C(=O)c2ccc(Cl)cc2C1=O. The number of carbonyl (C=O) groups is 3. The van der Waals surface area contributed by atoms with Gasteiger partial charge in [0.2, 0.25) is 0 Å². The van der Waals surface area contributed by atoms with Crippen LogP contribution in [0.15, 0.2) is 18.2 Å². The van der Waals surface area contributed by atoms with Gasteiger partial charge in [-0.15, -0.1) is 0 Å². The largest absolute Gasteiger partial charge is 0.480 e. The van der Waals surface area contributed by atoms with Crippen LogP contribution >= 0.6 is 11.6 Å². The number of nitrogens with zero attached hydrogens (tertiary/aromatic N) is 1. The van der Waals surface area contributed by atoms with Gasteiger partial charge in [-0.05, 0) is 25.1 Å². The van der Waals surface area contributed by atoms with Gasteiger partial charge in [-0.25, -0.2) is 4.79 Å². The number of carboxylic acids is 1. The molecule has 0 bridgehead atoms. The highest BCUT2D eigenvalue weighted by Crippen LogP contribution is 2.27. The Morgan fingerprint density at radius 1 is 1.29 bits per heavy atom. The van der Waals surface area contributed by atoms with Crippen LogP contribution in [0.2, 0.25) is 5.02 Å². The van der Waals surface area contributed by atoms with E-state index in [1.807, 2.05) is 0 Å². The first-order chi connectivity index (χ1) is 7.93. The predicted octanol–water partition coefficient (Wildman–Crippen LogP) is 1.41. The van der Waals surface area contributed by atoms with Crippen LogP contribution in [-0.4, -0.2) is 33.8 Å². The van der Waals surface area contributed by atoms with E-state index in [0.717, 1.165) is 4.90 Å². The van der Waals surface area contributed by atoms with Crippen LogP contribution in [0.3, 0.4) is 0 Å². The molecule has 0 radical (unpaired) electrons. The molecule has 1 aliphatic rings. The van der Waals surface area contributed by atoms with Gasteiger partial charge in [0.05, 0.1) is 11.1 Å². The van der Waals surface area contributed by atoms with Crippen LogP contribution in [0, 0.1) is 0 Å². The number of halogens is 1. The molecule has 0 aromatic heterocycles. The Bertz CT molecular complexity index is 540. The molecule has 6 heteroatoms. The Morgan fingerprint density at radius 2 is 1.88 bits per heavy atom. The Hall–Kier alpha value is -1.88. The molecule has 1 unspecified atom stereocenters. The number of hydrogen-bond acceptors (Lipinski definition) is 3. The lowest BCUT2D eigenvalue weighted by Gasteiger charge is -2.17. The van der Waals surface area contributed by atoms with Crippen molar-refractivity contribution in [3.05, 3.63) is 34.3 Å². The number of carboxylic acid groups (broad SMARTS) is 1. The molecule has 1 aliphatic heterocycles. The summed E-state index contributed by atoms with van der Waals surface area (Å²) in [6.07, 6.45) is 0. The van der Waals surface area contributed by atoms with Gasteiger partial charge in [0, 0.05) is 5.02 Å². The Kier molecular flexibility index (Phi) is 2.63. The zero-order valence-electron chi connectivity index (χ0n) is 8.81. The Morgan fingerprint density at radius 3 is 2.47 bits per heavy atom. The molecule has 0 spiro atoms. The van der Waals surface area contributed by atoms with E-state index in [2.05, 4.69) is 0 Å². The van der Waals surface area contributed by atoms with Crippen molar-refractivity contribution in [2.24, 2.45) is 0 Å². The van der Waals surface area contributed by atoms with Crippen LogP contribution in [0.5, 0.6) is 0 Å². The van der Waals surface area contributed by atoms with Gasteiger partial charge in [0.25, 0.3) is 11.8 Å². The van der Waals surface area contributed by atoms with Gasteiger partial charge >= 0.3 is 5.97 Å². The molecule has 17 heavy (non-hydrogen) atoms. The molecular weight excluding hydrogens is 246 g/mol. The average molecular weight is 254 g/mol. The second-order valence-electron chi connectivity index (χ2n) is 3.68. The van der Waals surface area contributed by atoms with E-state index in [-0.39, 0.29) is 11.1 Å². The minimum Gasteiger partial charge on any atom is -0.480 e. The van der Waals surface area contributed by atoms with E-state index < -0.39 is 23.8 Å². The second kappa shape index (κ2) is 3.85. The fourth-order valence-corrected chi connectivity index (χ4v) is 1.87. The molecule has 1 N–H and O–H groups in total. The molecule has 1 atom stereocenters. The first-order valence-corrected chi connectivity index (χ1v) is 5.21. The number of amides is 2. The summed E-state index contributed by atoms with van der Waals surface area (Å²) in [6.45, 7) is 1.28. The first-order valence-electron chi connectivity index (χ1n) is 4.83. The molecule has 1 heterocycles. The zero-order valence-corrected chi connectivity index (χ0v) is 9.56. The Balaban J connectivity index is 2.49. The normalized spacial score (nSPS) is 16.0. The lowest BCUT2D eigenvalue weighted by molar-refractivity contribution is -0.140. The van der Waals surface area contributed by atoms with Crippen LogP contribution in [-0.2, 0) is 4.79 Å². The van der Waals surface area contributed by atoms with E-state index in [0.29, 0.717) is 5.02 Å². The van der Waals surface area contributed by atoms with Gasteiger partial charge in [0.15, 0.2) is 0 Å². The van der Waals surface area contributed by atoms with Gasteiger partial charge in [-0.3, -0.25) is 14.5 Å². The third kappa shape index (κ3) is 1.68. The first kappa shape index (κ1) is 11.6. The fourth-order valence-electron chi connectivity index (χ4n) is 1.69. The summed E-state index contributed by atoms with van der Waals surface area (Å²) in [5, 5.41) is 9.17. The lowest BCUT2D eigenvalue weighted by Crippen LogP contribution is -2.42. The van der Waals surface area contributed by atoms with Crippen molar-refractivity contribution in [3.8, 4) is 0 Å². The number of aliphatic carboxylic acids is 1. The van der Waals surface area contributed by atoms with Crippen molar-refractivity contribution in [2.45, 2.75) is 13.0 Å². The topological polar surface area (TPSA) is 74.7 Å². The number of benzene rings is 1. The molecule has 88 valence electrons. The van der Waals surface area contributed by atoms with E-state index in [1.54, 1.807) is 0 Å². The zero-order chi connectivity index (χ0) is 12.7. The van der Waals surface area contributed by atoms with E-state index >= 15 is 0 Å². The summed E-state index contributed by atoms with van der Waals surface area (Å²) >= 11 is 5.73. The monoisotopic (exact) mass is 253 g/mol. The summed E-state index contributed by atoms with van der Waals surface area (Å²) in [4.78, 5) is 35.3. The second-order valence-corrected chi connectivity index (χ2v) is 4.12. The molecule has 0 saturated heterocycles. The van der Waals surface area contributed by atoms with Crippen molar-refractivity contribution in [2.75, 3.05) is 0 Å². The maximum Gasteiger partial charge on any atom is 0.326 e. The molecular formula is C11H8ClNO4. The predicted molar refractivity (Wildman–Crippen MR) is 59.0 cm³/mol. The molecule has 0 saturated carbocycles. The number of fused-ring (bicyclic) bond motifs is 1. The molecule has 2 rings (SSSR count). The van der Waals surface area contributed by atoms with Gasteiger partial charge in [-0.2, -0.15) is 0 Å². The summed E-state index contributed by atoms with van der Waals surface area (Å²) in [6, 6.07) is 3.08. The van der Waals surface area contributed by atoms with Crippen molar-refractivity contribution >= 4 is 29.4 Å². The molecule has 2 amide bonds. The average Bonchev–Trinajstić information content (AvgIpc) is 2.50. The highest BCUT2D eigenvalue weighted by Gasteiger charge is 2.40. The maximum atomic E-state index is 11.9. The minimum atomic E-state index is -1.23. The summed E-state index contributed by atoms with van der Waals surface area (Å²) in [5.41, 5.74) is 0.336. The highest BCUT2D eigenvalue weighted by atomic mass is 35.5. The van der Waals surface area contributed by atoms with Crippen molar-refractivity contribution in [1.82, 2.24) is 4.90 Å². The van der Waals surface area contributed by atoms with Gasteiger partial charge < -0.3 is 5.11 Å². The van der Waals surface area contributed by atoms with Crippen LogP contribution in [0.4, 0.5) is 0 Å². The third-order valence-corrected chi connectivity index (χ3v) is 2.86. The summed E-state index contributed by atoms with van der Waals surface area (Å²) in [7, 11) is 0. The highest BCUT2D eigenvalue weighted by molar-refractivity contribution is 6.32. The smallest absolute Gasteiger partial charge is 0.326 e. The van der Waals surface area contributed by atoms with Crippen molar-refractivity contribution in [1.29, 1.82) is 0 Å². The van der Waals surface area contributed by atoms with E-state index in [9.17, 15) is 14.4 Å². The van der Waals surface area contributed by atoms with Crippen molar-refractivity contribution in [3.63, 3.8) is 0 Å². The maximum absolute atomic E-state index is 11.9. The van der Waals surface area contributed by atoms with Gasteiger partial charge in [0.1, 0.15) is 6.04 Å². The number of rotatable bonds is 2. The minimum absolute atomic E-state index is 0.149. The van der Waals surface area contributed by atoms with Crippen molar-refractivity contribution < 1.29 is 19.5 Å².